The topological polar surface area (TPSA) is 64.4 Å². The predicted molar refractivity (Wildman–Crippen MR) is 80.9 cm³/mol. The van der Waals surface area contributed by atoms with Crippen molar-refractivity contribution in [2.75, 3.05) is 7.11 Å². The molecule has 0 spiro atoms. The van der Waals surface area contributed by atoms with Gasteiger partial charge in [-0.05, 0) is 37.3 Å². The molecule has 0 aliphatic rings. The lowest BCUT2D eigenvalue weighted by atomic mass is 10.1. The summed E-state index contributed by atoms with van der Waals surface area (Å²) in [7, 11) is 1.43. The van der Waals surface area contributed by atoms with Crippen LogP contribution in [0.5, 0.6) is 11.5 Å². The van der Waals surface area contributed by atoms with Crippen molar-refractivity contribution in [1.82, 2.24) is 9.78 Å². The Morgan fingerprint density at radius 3 is 2.95 bits per heavy atom. The number of phenols is 1. The van der Waals surface area contributed by atoms with Gasteiger partial charge in [-0.3, -0.25) is 9.48 Å². The molecule has 1 aromatic heterocycles. The highest BCUT2D eigenvalue weighted by Crippen LogP contribution is 2.26. The van der Waals surface area contributed by atoms with Crippen LogP contribution in [-0.2, 0) is 6.54 Å². The molecular weight excluding hydrogens is 292 g/mol. The zero-order chi connectivity index (χ0) is 15.4. The van der Waals surface area contributed by atoms with E-state index in [9.17, 15) is 9.90 Å². The predicted octanol–water partition coefficient (Wildman–Crippen LogP) is 3.17. The Hall–Kier alpha value is -2.27. The lowest BCUT2D eigenvalue weighted by Gasteiger charge is -2.04. The highest BCUT2D eigenvalue weighted by atomic mass is 35.5. The number of aromatic hydroxyl groups is 1. The molecule has 0 bridgehead atoms. The van der Waals surface area contributed by atoms with E-state index in [4.69, 9.17) is 16.3 Å². The van der Waals surface area contributed by atoms with Gasteiger partial charge in [0.2, 0.25) is 0 Å². The third-order valence-corrected chi connectivity index (χ3v) is 3.28. The third-order valence-electron chi connectivity index (χ3n) is 2.99. The van der Waals surface area contributed by atoms with Crippen LogP contribution in [0.2, 0.25) is 5.02 Å². The minimum atomic E-state index is -0.215. The van der Waals surface area contributed by atoms with Crippen molar-refractivity contribution >= 4 is 23.5 Å². The molecule has 5 nitrogen and oxygen atoms in total. The van der Waals surface area contributed by atoms with E-state index in [-0.39, 0.29) is 17.3 Å². The Labute approximate surface area is 127 Å². The number of rotatable bonds is 5. The van der Waals surface area contributed by atoms with Crippen molar-refractivity contribution < 1.29 is 14.6 Å². The van der Waals surface area contributed by atoms with Gasteiger partial charge in [0.15, 0.2) is 17.3 Å². The molecule has 2 aromatic rings. The number of aryl methyl sites for hydroxylation is 1. The fourth-order valence-corrected chi connectivity index (χ4v) is 2.08. The van der Waals surface area contributed by atoms with Crippen LogP contribution in [0.25, 0.3) is 6.08 Å². The monoisotopic (exact) mass is 306 g/mol. The second-order valence-corrected chi connectivity index (χ2v) is 4.68. The summed E-state index contributed by atoms with van der Waals surface area (Å²) in [5.74, 6) is 0.0317. The minimum absolute atomic E-state index is 0.00914. The lowest BCUT2D eigenvalue weighted by molar-refractivity contribution is 0.104. The largest absolute Gasteiger partial charge is 0.504 e. The van der Waals surface area contributed by atoms with E-state index in [1.165, 1.54) is 31.4 Å². The number of nitrogens with zero attached hydrogens (tertiary/aromatic N) is 2. The van der Waals surface area contributed by atoms with Crippen LogP contribution < -0.4 is 4.74 Å². The molecule has 6 heteroatoms. The number of allylic oxidation sites excluding steroid dienone is 1. The number of carbonyl (C=O) groups excluding carboxylic acids is 1. The molecule has 0 saturated carbocycles. The van der Waals surface area contributed by atoms with Crippen molar-refractivity contribution in [2.24, 2.45) is 0 Å². The molecule has 0 fully saturated rings. The highest BCUT2D eigenvalue weighted by molar-refractivity contribution is 6.31. The lowest BCUT2D eigenvalue weighted by Crippen LogP contribution is -2.00. The number of aromatic nitrogens is 2. The molecule has 1 aromatic carbocycles. The number of methoxy groups -OCH3 is 1. The smallest absolute Gasteiger partial charge is 0.186 e. The first-order valence-electron chi connectivity index (χ1n) is 6.37. The summed E-state index contributed by atoms with van der Waals surface area (Å²) in [6.45, 7) is 2.60. The van der Waals surface area contributed by atoms with Gasteiger partial charge in [0, 0.05) is 12.1 Å². The van der Waals surface area contributed by atoms with E-state index in [0.717, 1.165) is 0 Å². The maximum absolute atomic E-state index is 12.1. The van der Waals surface area contributed by atoms with E-state index in [2.05, 4.69) is 5.10 Å². The Kier molecular flexibility index (Phi) is 4.65. The number of ketones is 1. The zero-order valence-electron chi connectivity index (χ0n) is 11.7. The number of hydrogen-bond donors (Lipinski definition) is 1. The Morgan fingerprint density at radius 1 is 1.52 bits per heavy atom. The number of ether oxygens (including phenoxy) is 1. The molecule has 21 heavy (non-hydrogen) atoms. The van der Waals surface area contributed by atoms with E-state index in [1.54, 1.807) is 17.0 Å². The minimum Gasteiger partial charge on any atom is -0.504 e. The Balaban J connectivity index is 2.25. The van der Waals surface area contributed by atoms with Gasteiger partial charge in [-0.1, -0.05) is 11.6 Å². The standard InChI is InChI=1S/C15H15ClN2O3/c1-3-18-12(11(16)9-17-18)5-7-13(19)10-4-6-14(20)15(8-10)21-2/h4-9,20H,3H2,1-2H3/b7-5+. The van der Waals surface area contributed by atoms with E-state index in [0.29, 0.717) is 22.8 Å². The number of phenolic OH excluding ortho intramolecular Hbond substituents is 1. The molecule has 1 N–H and O–H groups in total. The van der Waals surface area contributed by atoms with Crippen LogP contribution in [0.15, 0.2) is 30.5 Å². The van der Waals surface area contributed by atoms with Crippen molar-refractivity contribution in [1.29, 1.82) is 0 Å². The van der Waals surface area contributed by atoms with Crippen molar-refractivity contribution in [3.8, 4) is 11.5 Å². The summed E-state index contributed by atoms with van der Waals surface area (Å²) in [4.78, 5) is 12.1. The first-order chi connectivity index (χ1) is 10.1. The average Bonchev–Trinajstić information content (AvgIpc) is 2.85. The van der Waals surface area contributed by atoms with Gasteiger partial charge in [0.25, 0.3) is 0 Å². The van der Waals surface area contributed by atoms with Gasteiger partial charge in [-0.2, -0.15) is 5.10 Å². The van der Waals surface area contributed by atoms with Crippen LogP contribution in [0.1, 0.15) is 23.0 Å². The molecule has 0 aliphatic heterocycles. The number of carbonyl (C=O) groups is 1. The fraction of sp³-hybridized carbons (Fsp3) is 0.200. The highest BCUT2D eigenvalue weighted by Gasteiger charge is 2.09. The summed E-state index contributed by atoms with van der Waals surface area (Å²) < 4.78 is 6.68. The van der Waals surface area contributed by atoms with Gasteiger partial charge in [0.05, 0.1) is 24.0 Å². The Bertz CT molecular complexity index is 692. The van der Waals surface area contributed by atoms with Crippen molar-refractivity contribution in [3.63, 3.8) is 0 Å². The van der Waals surface area contributed by atoms with Crippen molar-refractivity contribution in [2.45, 2.75) is 13.5 Å². The van der Waals surface area contributed by atoms with E-state index >= 15 is 0 Å². The van der Waals surface area contributed by atoms with Gasteiger partial charge in [0.1, 0.15) is 0 Å². The molecular formula is C15H15ClN2O3. The number of benzene rings is 1. The van der Waals surface area contributed by atoms with Crippen LogP contribution in [0.3, 0.4) is 0 Å². The van der Waals surface area contributed by atoms with Crippen molar-refractivity contribution in [3.05, 3.63) is 46.8 Å². The second kappa shape index (κ2) is 6.45. The summed E-state index contributed by atoms with van der Waals surface area (Å²) in [6, 6.07) is 4.44. The number of hydrogen-bond acceptors (Lipinski definition) is 4. The maximum Gasteiger partial charge on any atom is 0.186 e. The van der Waals surface area contributed by atoms with Gasteiger partial charge >= 0.3 is 0 Å². The van der Waals surface area contributed by atoms with E-state index < -0.39 is 0 Å². The molecule has 110 valence electrons. The fourth-order valence-electron chi connectivity index (χ4n) is 1.87. The zero-order valence-corrected chi connectivity index (χ0v) is 12.5. The van der Waals surface area contributed by atoms with Crippen LogP contribution >= 0.6 is 11.6 Å². The second-order valence-electron chi connectivity index (χ2n) is 4.28. The van der Waals surface area contributed by atoms with Gasteiger partial charge < -0.3 is 9.84 Å². The number of halogens is 1. The van der Waals surface area contributed by atoms with E-state index in [1.807, 2.05) is 6.92 Å². The SMILES string of the molecule is CCn1ncc(Cl)c1/C=C/C(=O)c1ccc(O)c(OC)c1. The third kappa shape index (κ3) is 3.25. The molecule has 0 unspecified atom stereocenters. The molecule has 2 rings (SSSR count). The Morgan fingerprint density at radius 2 is 2.29 bits per heavy atom. The van der Waals surface area contributed by atoms with Crippen LogP contribution in [-0.4, -0.2) is 27.8 Å². The maximum atomic E-state index is 12.1. The normalized spacial score (nSPS) is 11.0. The summed E-state index contributed by atoms with van der Waals surface area (Å²) in [5, 5.41) is 14.1. The molecule has 0 saturated heterocycles. The summed E-state index contributed by atoms with van der Waals surface area (Å²) in [6.07, 6.45) is 4.58. The van der Waals surface area contributed by atoms with Gasteiger partial charge in [-0.15, -0.1) is 0 Å². The molecule has 0 atom stereocenters. The van der Waals surface area contributed by atoms with Gasteiger partial charge in [-0.25, -0.2) is 0 Å². The summed E-state index contributed by atoms with van der Waals surface area (Å²) >= 11 is 6.02. The van der Waals surface area contributed by atoms with Crippen LogP contribution in [0, 0.1) is 0 Å². The molecule has 1 heterocycles. The summed E-state index contributed by atoms with van der Waals surface area (Å²) in [5.41, 5.74) is 1.10. The molecule has 0 amide bonds. The first-order valence-corrected chi connectivity index (χ1v) is 6.75. The first kappa shape index (κ1) is 15.1. The van der Waals surface area contributed by atoms with Crippen LogP contribution in [0.4, 0.5) is 0 Å². The average molecular weight is 307 g/mol. The quantitative estimate of drug-likeness (QED) is 0.680. The molecule has 0 aliphatic carbocycles. The molecule has 0 radical (unpaired) electrons.